The van der Waals surface area contributed by atoms with Crippen LogP contribution in [-0.2, 0) is 0 Å². The van der Waals surface area contributed by atoms with Crippen molar-refractivity contribution in [2.45, 2.75) is 25.8 Å². The average Bonchev–Trinajstić information content (AvgIpc) is 3.04. The molecule has 23 heavy (non-hydrogen) atoms. The number of likely N-dealkylation sites (tertiary alicyclic amines) is 1. The highest BCUT2D eigenvalue weighted by atomic mass is 35.5. The van der Waals surface area contributed by atoms with Gasteiger partial charge in [0.15, 0.2) is 0 Å². The predicted molar refractivity (Wildman–Crippen MR) is 89.2 cm³/mol. The lowest BCUT2D eigenvalue weighted by atomic mass is 9.91. The van der Waals surface area contributed by atoms with E-state index in [0.29, 0.717) is 28.7 Å². The molecule has 1 saturated heterocycles. The zero-order valence-electron chi connectivity index (χ0n) is 13.0. The molecule has 0 radical (unpaired) electrons. The summed E-state index contributed by atoms with van der Waals surface area (Å²) in [5.74, 6) is 0.285. The van der Waals surface area contributed by atoms with Crippen LogP contribution in [0, 0.1) is 5.92 Å². The molecule has 2 aromatic rings. The molecule has 1 amide bonds. The molecule has 3 rings (SSSR count). The highest BCUT2D eigenvalue weighted by Crippen LogP contribution is 2.27. The summed E-state index contributed by atoms with van der Waals surface area (Å²) < 4.78 is 5.06. The number of carbonyl (C=O) groups excluding carboxylic acids is 1. The lowest BCUT2D eigenvalue weighted by Gasteiger charge is -2.34. The van der Waals surface area contributed by atoms with Crippen LogP contribution in [-0.4, -0.2) is 35.1 Å². The number of nitrogens with two attached hydrogens (primary N) is 1. The maximum absolute atomic E-state index is 12.8. The van der Waals surface area contributed by atoms with Crippen LogP contribution < -0.4 is 5.73 Å². The molecular weight excluding hydrogens is 314 g/mol. The molecule has 0 spiro atoms. The fourth-order valence-corrected chi connectivity index (χ4v) is 3.12. The van der Waals surface area contributed by atoms with E-state index in [1.54, 1.807) is 12.1 Å². The van der Waals surface area contributed by atoms with E-state index in [1.807, 2.05) is 24.0 Å². The van der Waals surface area contributed by atoms with Crippen molar-refractivity contribution in [1.29, 1.82) is 0 Å². The van der Waals surface area contributed by atoms with Gasteiger partial charge < -0.3 is 15.2 Å². The second kappa shape index (κ2) is 6.72. The van der Waals surface area contributed by atoms with Crippen LogP contribution in [0.3, 0.4) is 0 Å². The van der Waals surface area contributed by atoms with Crippen LogP contribution in [0.4, 0.5) is 0 Å². The number of piperidine rings is 1. The summed E-state index contributed by atoms with van der Waals surface area (Å²) >= 11 is 5.91. The molecule has 5 nitrogen and oxygen atoms in total. The van der Waals surface area contributed by atoms with Gasteiger partial charge in [0.25, 0.3) is 5.91 Å². The van der Waals surface area contributed by atoms with Crippen molar-refractivity contribution in [2.24, 2.45) is 11.7 Å². The second-order valence-electron chi connectivity index (χ2n) is 6.10. The summed E-state index contributed by atoms with van der Waals surface area (Å²) in [5, 5.41) is 4.64. The number of rotatable bonds is 3. The summed E-state index contributed by atoms with van der Waals surface area (Å²) in [6.07, 6.45) is 3.45. The van der Waals surface area contributed by atoms with Crippen LogP contribution in [0.5, 0.6) is 0 Å². The number of benzene rings is 1. The van der Waals surface area contributed by atoms with E-state index in [9.17, 15) is 4.79 Å². The number of nitrogens with zero attached hydrogens (tertiary/aromatic N) is 2. The van der Waals surface area contributed by atoms with Crippen LogP contribution in [0.25, 0.3) is 11.3 Å². The van der Waals surface area contributed by atoms with Crippen LogP contribution in [0.2, 0.25) is 5.02 Å². The lowest BCUT2D eigenvalue weighted by Crippen LogP contribution is -2.45. The first-order valence-corrected chi connectivity index (χ1v) is 8.19. The molecular formula is C17H20ClN3O2. The first-order chi connectivity index (χ1) is 11.1. The van der Waals surface area contributed by atoms with Crippen LogP contribution in [0.15, 0.2) is 35.1 Å². The number of hydrogen-bond acceptors (Lipinski definition) is 4. The van der Waals surface area contributed by atoms with Crippen LogP contribution >= 0.6 is 11.6 Å². The molecule has 1 aliphatic rings. The molecule has 6 heteroatoms. The fraction of sp³-hybridized carbons (Fsp3) is 0.412. The average molecular weight is 334 g/mol. The molecule has 2 atom stereocenters. The number of halogens is 1. The molecule has 0 saturated carbocycles. The van der Waals surface area contributed by atoms with Gasteiger partial charge >= 0.3 is 0 Å². The topological polar surface area (TPSA) is 72.4 Å². The minimum absolute atomic E-state index is 0.0541. The van der Waals surface area contributed by atoms with Gasteiger partial charge in [-0.15, -0.1) is 0 Å². The molecule has 0 bridgehead atoms. The van der Waals surface area contributed by atoms with Gasteiger partial charge in [-0.1, -0.05) is 28.9 Å². The Kier molecular flexibility index (Phi) is 4.68. The fourth-order valence-electron chi connectivity index (χ4n) is 3.00. The van der Waals surface area contributed by atoms with Gasteiger partial charge in [0.05, 0.1) is 0 Å². The molecule has 1 fully saturated rings. The van der Waals surface area contributed by atoms with E-state index in [-0.39, 0.29) is 11.9 Å². The number of aromatic nitrogens is 1. The minimum Gasteiger partial charge on any atom is -0.363 e. The molecule has 2 N–H and O–H groups in total. The van der Waals surface area contributed by atoms with E-state index in [2.05, 4.69) is 5.16 Å². The Morgan fingerprint density at radius 3 is 2.87 bits per heavy atom. The number of hydrogen-bond donors (Lipinski definition) is 1. The zero-order valence-corrected chi connectivity index (χ0v) is 13.8. The van der Waals surface area contributed by atoms with Crippen molar-refractivity contribution in [1.82, 2.24) is 10.1 Å². The third-order valence-electron chi connectivity index (χ3n) is 4.41. The Morgan fingerprint density at radius 1 is 1.43 bits per heavy atom. The van der Waals surface area contributed by atoms with E-state index >= 15 is 0 Å². The van der Waals surface area contributed by atoms with Crippen molar-refractivity contribution >= 4 is 17.5 Å². The van der Waals surface area contributed by atoms with E-state index < -0.39 is 0 Å². The predicted octanol–water partition coefficient (Wildman–Crippen LogP) is 3.19. The first-order valence-electron chi connectivity index (χ1n) is 7.81. The van der Waals surface area contributed by atoms with Gasteiger partial charge in [-0.25, -0.2) is 0 Å². The number of carbonyl (C=O) groups is 1. The molecule has 2 heterocycles. The van der Waals surface area contributed by atoms with Gasteiger partial charge in [0.2, 0.25) is 0 Å². The van der Waals surface area contributed by atoms with Gasteiger partial charge in [0, 0.05) is 29.7 Å². The summed E-state index contributed by atoms with van der Waals surface area (Å²) in [5.41, 5.74) is 7.85. The van der Waals surface area contributed by atoms with Gasteiger partial charge in [-0.2, -0.15) is 0 Å². The maximum Gasteiger partial charge on any atom is 0.259 e. The minimum atomic E-state index is -0.0541. The Hall–Kier alpha value is -1.85. The van der Waals surface area contributed by atoms with Crippen molar-refractivity contribution in [3.8, 4) is 11.3 Å². The number of amides is 1. The Bertz CT molecular complexity index is 681. The zero-order chi connectivity index (χ0) is 16.4. The molecule has 0 unspecified atom stereocenters. The van der Waals surface area contributed by atoms with E-state index in [1.165, 1.54) is 6.26 Å². The van der Waals surface area contributed by atoms with Gasteiger partial charge in [0.1, 0.15) is 17.5 Å². The summed E-state index contributed by atoms with van der Waals surface area (Å²) in [6, 6.07) is 7.29. The molecule has 0 aliphatic carbocycles. The van der Waals surface area contributed by atoms with Gasteiger partial charge in [-0.3, -0.25) is 4.79 Å². The first kappa shape index (κ1) is 16.0. The smallest absolute Gasteiger partial charge is 0.259 e. The highest BCUT2D eigenvalue weighted by molar-refractivity contribution is 6.30. The summed E-state index contributed by atoms with van der Waals surface area (Å²) in [7, 11) is 0. The van der Waals surface area contributed by atoms with Gasteiger partial charge in [-0.05, 0) is 37.8 Å². The molecule has 1 aromatic carbocycles. The third kappa shape index (κ3) is 3.41. The summed E-state index contributed by atoms with van der Waals surface area (Å²) in [6.45, 7) is 3.42. The van der Waals surface area contributed by atoms with Crippen molar-refractivity contribution in [3.05, 3.63) is 41.1 Å². The highest BCUT2D eigenvalue weighted by Gasteiger charge is 2.29. The standard InChI is InChI=1S/C17H20ClN3O2/c1-11(19)13-3-2-8-21(9-13)17(22)15-10-23-20-16(15)12-4-6-14(18)7-5-12/h4-7,10-11,13H,2-3,8-9,19H2,1H3/t11-,13+/m0/s1. The Balaban J connectivity index is 1.83. The Morgan fingerprint density at radius 2 is 2.17 bits per heavy atom. The Labute approximate surface area is 140 Å². The molecule has 1 aromatic heterocycles. The largest absolute Gasteiger partial charge is 0.363 e. The van der Waals surface area contributed by atoms with Crippen molar-refractivity contribution in [3.63, 3.8) is 0 Å². The second-order valence-corrected chi connectivity index (χ2v) is 6.53. The molecule has 1 aliphatic heterocycles. The normalized spacial score (nSPS) is 19.6. The quantitative estimate of drug-likeness (QED) is 0.936. The monoisotopic (exact) mass is 333 g/mol. The lowest BCUT2D eigenvalue weighted by molar-refractivity contribution is 0.0661. The van der Waals surface area contributed by atoms with Crippen molar-refractivity contribution in [2.75, 3.05) is 13.1 Å². The van der Waals surface area contributed by atoms with E-state index in [4.69, 9.17) is 21.9 Å². The molecule has 122 valence electrons. The van der Waals surface area contributed by atoms with Crippen molar-refractivity contribution < 1.29 is 9.32 Å². The summed E-state index contributed by atoms with van der Waals surface area (Å²) in [4.78, 5) is 14.7. The third-order valence-corrected chi connectivity index (χ3v) is 4.66. The SMILES string of the molecule is C[C@H](N)[C@@H]1CCCN(C(=O)c2conc2-c2ccc(Cl)cc2)C1. The maximum atomic E-state index is 12.8. The van der Waals surface area contributed by atoms with E-state index in [0.717, 1.165) is 24.9 Å². The van der Waals surface area contributed by atoms with Crippen LogP contribution in [0.1, 0.15) is 30.1 Å².